The van der Waals surface area contributed by atoms with E-state index in [1.165, 1.54) is 5.56 Å². The molecule has 1 saturated heterocycles. The third-order valence-electron chi connectivity index (χ3n) is 3.76. The van der Waals surface area contributed by atoms with Crippen molar-refractivity contribution in [1.82, 2.24) is 5.32 Å². The van der Waals surface area contributed by atoms with Crippen LogP contribution in [0, 0.1) is 6.92 Å². The fraction of sp³-hybridized carbons (Fsp3) is 0.467. The zero-order chi connectivity index (χ0) is 13.7. The van der Waals surface area contributed by atoms with E-state index in [2.05, 4.69) is 10.5 Å². The number of aryl methyl sites for hydroxylation is 1. The molecular weight excluding hydrogens is 240 g/mol. The first kappa shape index (κ1) is 12.2. The molecule has 2 aliphatic rings. The van der Waals surface area contributed by atoms with Crippen LogP contribution in [-0.2, 0) is 9.63 Å². The zero-order valence-electron chi connectivity index (χ0n) is 11.5. The van der Waals surface area contributed by atoms with Crippen LogP contribution >= 0.6 is 0 Å². The second-order valence-electron chi connectivity index (χ2n) is 6.18. The van der Waals surface area contributed by atoms with E-state index in [4.69, 9.17) is 4.84 Å². The summed E-state index contributed by atoms with van der Waals surface area (Å²) >= 11 is 0. The third-order valence-corrected chi connectivity index (χ3v) is 3.76. The molecule has 1 aromatic carbocycles. The van der Waals surface area contributed by atoms with Crippen molar-refractivity contribution < 1.29 is 9.63 Å². The molecule has 100 valence electrons. The summed E-state index contributed by atoms with van der Waals surface area (Å²) in [4.78, 5) is 17.7. The van der Waals surface area contributed by atoms with Gasteiger partial charge in [0.05, 0.1) is 5.71 Å². The standard InChI is InChI=1S/C15H18N2O2/c1-10-4-6-11(7-5-10)12-8-15(19-17-12)9-14(2,3)16-13(15)18/h4-7H,8-9H2,1-3H3,(H,16,18)/t15-/m0/s1. The number of rotatable bonds is 1. The minimum Gasteiger partial charge on any atom is -0.378 e. The molecule has 4 nitrogen and oxygen atoms in total. The molecule has 1 atom stereocenters. The van der Waals surface area contributed by atoms with E-state index >= 15 is 0 Å². The van der Waals surface area contributed by atoms with Crippen LogP contribution in [0.5, 0.6) is 0 Å². The van der Waals surface area contributed by atoms with Crippen LogP contribution in [-0.4, -0.2) is 22.8 Å². The van der Waals surface area contributed by atoms with Gasteiger partial charge >= 0.3 is 0 Å². The molecule has 19 heavy (non-hydrogen) atoms. The molecule has 1 fully saturated rings. The number of hydrogen-bond donors (Lipinski definition) is 1. The van der Waals surface area contributed by atoms with Gasteiger partial charge in [-0.25, -0.2) is 0 Å². The molecule has 2 aliphatic heterocycles. The molecule has 0 saturated carbocycles. The van der Waals surface area contributed by atoms with E-state index in [1.807, 2.05) is 45.0 Å². The average Bonchev–Trinajstić information content (AvgIpc) is 2.83. The lowest BCUT2D eigenvalue weighted by Gasteiger charge is -2.19. The predicted octanol–water partition coefficient (Wildman–Crippen LogP) is 2.16. The number of nitrogens with zero attached hydrogens (tertiary/aromatic N) is 1. The highest BCUT2D eigenvalue weighted by Crippen LogP contribution is 2.39. The molecule has 0 radical (unpaired) electrons. The number of carbonyl (C=O) groups excluding carboxylic acids is 1. The molecule has 1 aromatic rings. The van der Waals surface area contributed by atoms with Gasteiger partial charge in [-0.2, -0.15) is 0 Å². The number of amides is 1. The second-order valence-corrected chi connectivity index (χ2v) is 6.18. The Hall–Kier alpha value is -1.84. The summed E-state index contributed by atoms with van der Waals surface area (Å²) in [5.74, 6) is -0.0524. The summed E-state index contributed by atoms with van der Waals surface area (Å²) in [5.41, 5.74) is 2.06. The van der Waals surface area contributed by atoms with E-state index < -0.39 is 5.60 Å². The van der Waals surface area contributed by atoms with Crippen molar-refractivity contribution in [2.45, 2.75) is 44.8 Å². The highest BCUT2D eigenvalue weighted by Gasteiger charge is 2.56. The molecule has 4 heteroatoms. The maximum Gasteiger partial charge on any atom is 0.267 e. The Morgan fingerprint density at radius 3 is 2.53 bits per heavy atom. The SMILES string of the molecule is Cc1ccc(C2=NO[C@@]3(C2)CC(C)(C)NC3=O)cc1. The van der Waals surface area contributed by atoms with Crippen molar-refractivity contribution in [2.75, 3.05) is 0 Å². The first-order chi connectivity index (χ1) is 8.90. The molecule has 0 aromatic heterocycles. The van der Waals surface area contributed by atoms with Crippen LogP contribution in [0.2, 0.25) is 0 Å². The maximum atomic E-state index is 12.1. The van der Waals surface area contributed by atoms with Crippen LogP contribution in [0.1, 0.15) is 37.8 Å². The number of benzene rings is 1. The summed E-state index contributed by atoms with van der Waals surface area (Å²) < 4.78 is 0. The highest BCUT2D eigenvalue weighted by molar-refractivity contribution is 6.06. The van der Waals surface area contributed by atoms with Gasteiger partial charge in [-0.3, -0.25) is 4.79 Å². The fourth-order valence-electron chi connectivity index (χ4n) is 2.85. The second kappa shape index (κ2) is 3.83. The minimum absolute atomic E-state index is 0.0524. The Kier molecular flexibility index (Phi) is 2.46. The molecule has 1 N–H and O–H groups in total. The van der Waals surface area contributed by atoms with Gasteiger partial charge in [0.15, 0.2) is 0 Å². The molecule has 2 heterocycles. The molecule has 0 unspecified atom stereocenters. The first-order valence-electron chi connectivity index (χ1n) is 6.55. The summed E-state index contributed by atoms with van der Waals surface area (Å²) in [6.45, 7) is 6.06. The molecule has 3 rings (SSSR count). The van der Waals surface area contributed by atoms with Crippen molar-refractivity contribution in [3.8, 4) is 0 Å². The average molecular weight is 258 g/mol. The summed E-state index contributed by atoms with van der Waals surface area (Å²) in [6, 6.07) is 8.13. The quantitative estimate of drug-likeness (QED) is 0.839. The normalized spacial score (nSPS) is 28.2. The Labute approximate surface area is 112 Å². The number of hydrogen-bond acceptors (Lipinski definition) is 3. The van der Waals surface area contributed by atoms with Gasteiger partial charge < -0.3 is 10.2 Å². The topological polar surface area (TPSA) is 50.7 Å². The first-order valence-corrected chi connectivity index (χ1v) is 6.55. The highest BCUT2D eigenvalue weighted by atomic mass is 16.7. The Balaban J connectivity index is 1.83. The van der Waals surface area contributed by atoms with Gasteiger partial charge in [-0.15, -0.1) is 0 Å². The molecule has 0 bridgehead atoms. The van der Waals surface area contributed by atoms with Crippen LogP contribution < -0.4 is 5.32 Å². The van der Waals surface area contributed by atoms with Crippen LogP contribution in [0.25, 0.3) is 0 Å². The lowest BCUT2D eigenvalue weighted by molar-refractivity contribution is -0.138. The largest absolute Gasteiger partial charge is 0.378 e. The summed E-state index contributed by atoms with van der Waals surface area (Å²) in [5, 5.41) is 7.11. The van der Waals surface area contributed by atoms with Gasteiger partial charge in [0.1, 0.15) is 0 Å². The third kappa shape index (κ3) is 2.01. The van der Waals surface area contributed by atoms with Crippen molar-refractivity contribution >= 4 is 11.6 Å². The van der Waals surface area contributed by atoms with E-state index in [-0.39, 0.29) is 11.4 Å². The molecular formula is C15H18N2O2. The van der Waals surface area contributed by atoms with Crippen LogP contribution in [0.4, 0.5) is 0 Å². The zero-order valence-corrected chi connectivity index (χ0v) is 11.5. The van der Waals surface area contributed by atoms with Crippen molar-refractivity contribution in [3.05, 3.63) is 35.4 Å². The number of oxime groups is 1. The predicted molar refractivity (Wildman–Crippen MR) is 73.0 cm³/mol. The summed E-state index contributed by atoms with van der Waals surface area (Å²) in [7, 11) is 0. The van der Waals surface area contributed by atoms with E-state index in [0.717, 1.165) is 11.3 Å². The van der Waals surface area contributed by atoms with Crippen LogP contribution in [0.3, 0.4) is 0 Å². The Bertz CT molecular complexity index is 560. The smallest absolute Gasteiger partial charge is 0.267 e. The number of carbonyl (C=O) groups is 1. The van der Waals surface area contributed by atoms with Crippen LogP contribution in [0.15, 0.2) is 29.4 Å². The van der Waals surface area contributed by atoms with Crippen molar-refractivity contribution in [3.63, 3.8) is 0 Å². The Morgan fingerprint density at radius 1 is 1.26 bits per heavy atom. The van der Waals surface area contributed by atoms with E-state index in [1.54, 1.807) is 0 Å². The maximum absolute atomic E-state index is 12.1. The minimum atomic E-state index is -0.802. The monoisotopic (exact) mass is 258 g/mol. The number of nitrogens with one attached hydrogen (secondary N) is 1. The fourth-order valence-corrected chi connectivity index (χ4v) is 2.85. The van der Waals surface area contributed by atoms with Gasteiger partial charge in [-0.1, -0.05) is 35.0 Å². The lowest BCUT2D eigenvalue weighted by Crippen LogP contribution is -2.39. The van der Waals surface area contributed by atoms with Crippen molar-refractivity contribution in [1.29, 1.82) is 0 Å². The Morgan fingerprint density at radius 2 is 1.95 bits per heavy atom. The van der Waals surface area contributed by atoms with Crippen molar-refractivity contribution in [2.24, 2.45) is 5.16 Å². The molecule has 1 spiro atoms. The lowest BCUT2D eigenvalue weighted by atomic mass is 9.87. The van der Waals surface area contributed by atoms with Gasteiger partial charge in [-0.05, 0) is 26.3 Å². The summed E-state index contributed by atoms with van der Waals surface area (Å²) in [6.07, 6.45) is 1.20. The van der Waals surface area contributed by atoms with E-state index in [9.17, 15) is 4.79 Å². The van der Waals surface area contributed by atoms with Gasteiger partial charge in [0.25, 0.3) is 5.91 Å². The van der Waals surface area contributed by atoms with Gasteiger partial charge in [0.2, 0.25) is 5.60 Å². The van der Waals surface area contributed by atoms with E-state index in [0.29, 0.717) is 12.8 Å². The van der Waals surface area contributed by atoms with Gasteiger partial charge in [0, 0.05) is 18.4 Å². The molecule has 1 amide bonds. The molecule has 0 aliphatic carbocycles.